The van der Waals surface area contributed by atoms with Gasteiger partial charge in [-0.2, -0.15) is 19.9 Å². The van der Waals surface area contributed by atoms with Crippen molar-refractivity contribution in [3.63, 3.8) is 0 Å². The molecule has 1 aliphatic carbocycles. The number of benzene rings is 3. The van der Waals surface area contributed by atoms with E-state index in [-0.39, 0.29) is 30.1 Å². The first-order valence-electron chi connectivity index (χ1n) is 18.0. The van der Waals surface area contributed by atoms with E-state index in [1.54, 1.807) is 38.3 Å². The van der Waals surface area contributed by atoms with Crippen LogP contribution in [0.4, 0.5) is 0 Å². The maximum Gasteiger partial charge on any atom is 0.272 e. The fourth-order valence-electron chi connectivity index (χ4n) is 6.53. The van der Waals surface area contributed by atoms with E-state index >= 15 is 0 Å². The van der Waals surface area contributed by atoms with E-state index in [0.29, 0.717) is 47.1 Å². The van der Waals surface area contributed by atoms with Crippen LogP contribution in [0.3, 0.4) is 0 Å². The smallest absolute Gasteiger partial charge is 0.272 e. The molecule has 1 saturated carbocycles. The largest absolute Gasteiger partial charge is 0.497 e. The molecular formula is C41H41N9O5. The van der Waals surface area contributed by atoms with Crippen molar-refractivity contribution in [2.75, 3.05) is 21.3 Å². The number of carbonyl (C=O) groups is 1. The topological polar surface area (TPSA) is 145 Å². The maximum atomic E-state index is 13.9. The van der Waals surface area contributed by atoms with Gasteiger partial charge in [-0.25, -0.2) is 4.68 Å². The van der Waals surface area contributed by atoms with Crippen molar-refractivity contribution in [1.82, 2.24) is 44.6 Å². The molecule has 1 aliphatic rings. The second-order valence-corrected chi connectivity index (χ2v) is 13.4. The van der Waals surface area contributed by atoms with Gasteiger partial charge in [-0.1, -0.05) is 42.5 Å². The molecule has 4 heterocycles. The minimum atomic E-state index is -0.371. The van der Waals surface area contributed by atoms with Crippen molar-refractivity contribution in [2.45, 2.75) is 52.4 Å². The molecule has 0 atom stereocenters. The van der Waals surface area contributed by atoms with Crippen LogP contribution in [0.2, 0.25) is 0 Å². The van der Waals surface area contributed by atoms with Crippen LogP contribution in [0, 0.1) is 13.8 Å². The molecule has 1 N–H and O–H groups in total. The summed E-state index contributed by atoms with van der Waals surface area (Å²) in [5.41, 5.74) is 5.83. The lowest BCUT2D eigenvalue weighted by atomic mass is 10.1. The van der Waals surface area contributed by atoms with Crippen molar-refractivity contribution < 1.29 is 23.7 Å². The zero-order chi connectivity index (χ0) is 38.1. The maximum absolute atomic E-state index is 13.9. The van der Waals surface area contributed by atoms with E-state index in [1.807, 2.05) is 96.0 Å². The summed E-state index contributed by atoms with van der Waals surface area (Å²) in [4.78, 5) is 23.6. The fourth-order valence-corrected chi connectivity index (χ4v) is 6.53. The van der Waals surface area contributed by atoms with Gasteiger partial charge in [0.2, 0.25) is 0 Å². The Kier molecular flexibility index (Phi) is 9.62. The molecule has 0 saturated heterocycles. The summed E-state index contributed by atoms with van der Waals surface area (Å²) in [6.45, 7) is 4.78. The predicted octanol–water partition coefficient (Wildman–Crippen LogP) is 6.41. The average Bonchev–Trinajstić information content (AvgIpc) is 3.76. The minimum Gasteiger partial charge on any atom is -0.497 e. The molecule has 0 unspecified atom stereocenters. The van der Waals surface area contributed by atoms with Gasteiger partial charge in [0.25, 0.3) is 11.9 Å². The van der Waals surface area contributed by atoms with Crippen LogP contribution in [-0.4, -0.2) is 66.5 Å². The predicted molar refractivity (Wildman–Crippen MR) is 205 cm³/mol. The molecular weight excluding hydrogens is 699 g/mol. The summed E-state index contributed by atoms with van der Waals surface area (Å²) >= 11 is 0. The quantitative estimate of drug-likeness (QED) is 0.133. The number of ether oxygens (including phenoxy) is 4. The van der Waals surface area contributed by atoms with Crippen LogP contribution in [0.5, 0.6) is 23.0 Å². The number of nitrogens with one attached hydrogen (secondary N) is 1. The Morgan fingerprint density at radius 2 is 1.62 bits per heavy atom. The van der Waals surface area contributed by atoms with E-state index in [2.05, 4.69) is 10.3 Å². The van der Waals surface area contributed by atoms with Crippen LogP contribution >= 0.6 is 0 Å². The van der Waals surface area contributed by atoms with Crippen LogP contribution in [0.15, 0.2) is 85.1 Å². The zero-order valence-electron chi connectivity index (χ0n) is 31.3. The fraction of sp³-hybridized carbons (Fsp3) is 0.268. The van der Waals surface area contributed by atoms with Crippen LogP contribution < -0.4 is 24.3 Å². The summed E-state index contributed by atoms with van der Waals surface area (Å²) in [5, 5.41) is 18.5. The molecule has 280 valence electrons. The summed E-state index contributed by atoms with van der Waals surface area (Å²) in [5.74, 6) is 3.11. The van der Waals surface area contributed by atoms with Gasteiger partial charge >= 0.3 is 0 Å². The van der Waals surface area contributed by atoms with Gasteiger partial charge < -0.3 is 24.3 Å². The van der Waals surface area contributed by atoms with Crippen molar-refractivity contribution in [3.8, 4) is 40.5 Å². The molecule has 8 rings (SSSR count). The third kappa shape index (κ3) is 7.18. The molecule has 0 aliphatic heterocycles. The number of carbonyl (C=O) groups excluding carboxylic acids is 1. The number of aryl methyl sites for hydroxylation is 2. The van der Waals surface area contributed by atoms with Gasteiger partial charge in [-0.15, -0.1) is 5.10 Å². The summed E-state index contributed by atoms with van der Waals surface area (Å²) in [6, 6.07) is 25.4. The minimum absolute atomic E-state index is 0.208. The highest BCUT2D eigenvalue weighted by Crippen LogP contribution is 2.43. The van der Waals surface area contributed by atoms with Gasteiger partial charge in [0.1, 0.15) is 35.2 Å². The number of nitrogens with zero attached hydrogens (tertiary/aromatic N) is 8. The normalized spacial score (nSPS) is 12.5. The van der Waals surface area contributed by atoms with Crippen LogP contribution in [0.25, 0.3) is 28.4 Å². The highest BCUT2D eigenvalue weighted by molar-refractivity contribution is 6.05. The number of aromatic nitrogens is 8. The van der Waals surface area contributed by atoms with Crippen molar-refractivity contribution in [3.05, 3.63) is 119 Å². The summed E-state index contributed by atoms with van der Waals surface area (Å²) in [6.07, 6.45) is 3.70. The molecule has 1 amide bonds. The molecule has 14 nitrogen and oxygen atoms in total. The van der Waals surface area contributed by atoms with Crippen molar-refractivity contribution in [2.24, 2.45) is 0 Å². The molecule has 0 bridgehead atoms. The van der Waals surface area contributed by atoms with Crippen LogP contribution in [0.1, 0.15) is 57.5 Å². The van der Waals surface area contributed by atoms with Gasteiger partial charge in [0.05, 0.1) is 45.6 Å². The summed E-state index contributed by atoms with van der Waals surface area (Å²) in [7, 11) is 4.82. The van der Waals surface area contributed by atoms with E-state index in [4.69, 9.17) is 39.2 Å². The Bertz CT molecular complexity index is 2480. The Morgan fingerprint density at radius 1 is 0.855 bits per heavy atom. The molecule has 1 fully saturated rings. The number of hydrogen-bond acceptors (Lipinski definition) is 10. The number of amides is 1. The first-order valence-corrected chi connectivity index (χ1v) is 18.0. The number of rotatable bonds is 14. The van der Waals surface area contributed by atoms with Gasteiger partial charge in [0, 0.05) is 29.3 Å². The molecule has 3 aromatic carbocycles. The number of fused-ring (bicyclic) bond motifs is 1. The Labute approximate surface area is 317 Å². The first-order chi connectivity index (χ1) is 26.8. The standard InChI is InChI=1S/C41H41N9O5/c1-25-19-33-34(22-42-25)50(46-36(33)40(51)43-21-29-13-18-32(53-4)20-35(29)54-5)41-44-39(48(47-41)23-27-11-16-31(52-3)17-12-27)37-38(26(2)45-49(37)30-14-15-30)55-24-28-9-7-6-8-10-28/h6-13,16-20,22,30H,14-15,21,23-24H2,1-5H3,(H,43,51). The van der Waals surface area contributed by atoms with E-state index < -0.39 is 0 Å². The number of pyridine rings is 1. The van der Waals surface area contributed by atoms with Gasteiger partial charge in [-0.05, 0) is 68.1 Å². The Morgan fingerprint density at radius 3 is 2.35 bits per heavy atom. The third-order valence-corrected chi connectivity index (χ3v) is 9.55. The number of hydrogen-bond donors (Lipinski definition) is 1. The first kappa shape index (κ1) is 35.3. The highest BCUT2D eigenvalue weighted by Gasteiger charge is 2.34. The monoisotopic (exact) mass is 739 g/mol. The molecule has 0 radical (unpaired) electrons. The Balaban J connectivity index is 1.22. The second-order valence-electron chi connectivity index (χ2n) is 13.4. The second kappa shape index (κ2) is 15.0. The average molecular weight is 740 g/mol. The van der Waals surface area contributed by atoms with E-state index in [9.17, 15) is 4.79 Å². The number of methoxy groups -OCH3 is 3. The van der Waals surface area contributed by atoms with Crippen molar-refractivity contribution in [1.29, 1.82) is 0 Å². The molecule has 14 heteroatoms. The molecule has 7 aromatic rings. The van der Waals surface area contributed by atoms with Gasteiger partial charge in [0.15, 0.2) is 17.3 Å². The molecule has 4 aromatic heterocycles. The van der Waals surface area contributed by atoms with Crippen LogP contribution in [-0.2, 0) is 19.7 Å². The zero-order valence-corrected chi connectivity index (χ0v) is 31.3. The van der Waals surface area contributed by atoms with Crippen molar-refractivity contribution >= 4 is 16.8 Å². The SMILES string of the molecule is COc1ccc(Cn2nc(-n3nc(C(=O)NCc4ccc(OC)cc4OC)c4cc(C)ncc43)nc2-c2c(OCc3ccccc3)c(C)nn2C2CC2)cc1. The Hall–Kier alpha value is -6.70. The summed E-state index contributed by atoms with van der Waals surface area (Å²) < 4.78 is 28.3. The van der Waals surface area contributed by atoms with E-state index in [0.717, 1.165) is 52.4 Å². The van der Waals surface area contributed by atoms with E-state index in [1.165, 1.54) is 0 Å². The molecule has 0 spiro atoms. The lowest BCUT2D eigenvalue weighted by Gasteiger charge is -2.12. The third-order valence-electron chi connectivity index (χ3n) is 9.55. The highest BCUT2D eigenvalue weighted by atomic mass is 16.5. The lowest BCUT2D eigenvalue weighted by molar-refractivity contribution is 0.0947. The molecule has 55 heavy (non-hydrogen) atoms. The van der Waals surface area contributed by atoms with Gasteiger partial charge in [-0.3, -0.25) is 14.5 Å². The lowest BCUT2D eigenvalue weighted by Crippen LogP contribution is -2.24.